The van der Waals surface area contributed by atoms with Gasteiger partial charge in [-0.15, -0.1) is 0 Å². The number of aryl methyl sites for hydroxylation is 2. The summed E-state index contributed by atoms with van der Waals surface area (Å²) < 4.78 is 0. The van der Waals surface area contributed by atoms with E-state index in [0.29, 0.717) is 12.4 Å². The van der Waals surface area contributed by atoms with Crippen molar-refractivity contribution < 1.29 is 4.92 Å². The van der Waals surface area contributed by atoms with Gasteiger partial charge >= 0.3 is 5.69 Å². The van der Waals surface area contributed by atoms with Crippen LogP contribution >= 0.6 is 0 Å². The van der Waals surface area contributed by atoms with E-state index >= 15 is 0 Å². The average molecular weight is 361 g/mol. The van der Waals surface area contributed by atoms with Gasteiger partial charge in [0, 0.05) is 17.9 Å². The first-order valence-corrected chi connectivity index (χ1v) is 8.73. The number of aromatic nitrogens is 2. The quantitative estimate of drug-likeness (QED) is 0.546. The van der Waals surface area contributed by atoms with E-state index in [1.165, 1.54) is 6.33 Å². The maximum atomic E-state index is 11.9. The molecule has 1 aromatic heterocycles. The van der Waals surface area contributed by atoms with Crippen LogP contribution in [-0.2, 0) is 6.42 Å². The first kappa shape index (κ1) is 17.0. The summed E-state index contributed by atoms with van der Waals surface area (Å²) in [7, 11) is 0. The summed E-state index contributed by atoms with van der Waals surface area (Å²) in [4.78, 5) is 21.8. The minimum Gasteiger partial charge on any atom is -0.334 e. The van der Waals surface area contributed by atoms with Crippen molar-refractivity contribution in [3.63, 3.8) is 0 Å². The van der Waals surface area contributed by atoms with E-state index in [4.69, 9.17) is 0 Å². The Kier molecular flexibility index (Phi) is 4.19. The van der Waals surface area contributed by atoms with Crippen LogP contribution in [0.4, 0.5) is 28.7 Å². The molecule has 0 saturated heterocycles. The maximum Gasteiger partial charge on any atom is 0.354 e. The zero-order valence-electron chi connectivity index (χ0n) is 15.1. The Morgan fingerprint density at radius 2 is 1.96 bits per heavy atom. The lowest BCUT2D eigenvalue weighted by atomic mass is 10.1. The lowest BCUT2D eigenvalue weighted by Gasteiger charge is -2.19. The van der Waals surface area contributed by atoms with Crippen molar-refractivity contribution >= 4 is 28.7 Å². The van der Waals surface area contributed by atoms with Gasteiger partial charge in [0.05, 0.1) is 4.92 Å². The molecule has 0 unspecified atom stereocenters. The van der Waals surface area contributed by atoms with Crippen LogP contribution in [0.25, 0.3) is 0 Å². The van der Waals surface area contributed by atoms with E-state index in [0.717, 1.165) is 34.5 Å². The zero-order chi connectivity index (χ0) is 19.0. The molecule has 7 heteroatoms. The van der Waals surface area contributed by atoms with Crippen molar-refractivity contribution in [3.8, 4) is 0 Å². The number of rotatable bonds is 4. The highest BCUT2D eigenvalue weighted by atomic mass is 16.6. The van der Waals surface area contributed by atoms with Crippen molar-refractivity contribution in [3.05, 3.63) is 75.6 Å². The van der Waals surface area contributed by atoms with E-state index in [2.05, 4.69) is 15.3 Å². The Hall–Kier alpha value is -3.48. The van der Waals surface area contributed by atoms with Gasteiger partial charge in [-0.25, -0.2) is 9.97 Å². The van der Waals surface area contributed by atoms with Gasteiger partial charge < -0.3 is 10.2 Å². The summed E-state index contributed by atoms with van der Waals surface area (Å²) in [5, 5.41) is 15.0. The third-order valence-electron chi connectivity index (χ3n) is 4.77. The number of para-hydroxylation sites is 1. The van der Waals surface area contributed by atoms with Gasteiger partial charge in [0.1, 0.15) is 6.33 Å². The summed E-state index contributed by atoms with van der Waals surface area (Å²) in [6.07, 6.45) is 2.20. The highest BCUT2D eigenvalue weighted by Gasteiger charge is 2.31. The normalized spacial score (nSPS) is 12.7. The fourth-order valence-corrected chi connectivity index (χ4v) is 3.38. The second-order valence-electron chi connectivity index (χ2n) is 6.63. The predicted molar refractivity (Wildman–Crippen MR) is 105 cm³/mol. The topological polar surface area (TPSA) is 84.2 Å². The second-order valence-corrected chi connectivity index (χ2v) is 6.63. The predicted octanol–water partition coefficient (Wildman–Crippen LogP) is 4.44. The number of anilines is 4. The summed E-state index contributed by atoms with van der Waals surface area (Å²) in [5.74, 6) is 0.510. The molecule has 2 heterocycles. The molecule has 136 valence electrons. The van der Waals surface area contributed by atoms with Crippen molar-refractivity contribution in [2.45, 2.75) is 20.3 Å². The zero-order valence-corrected chi connectivity index (χ0v) is 15.1. The van der Waals surface area contributed by atoms with Gasteiger partial charge in [-0.05, 0) is 49.1 Å². The molecule has 7 nitrogen and oxygen atoms in total. The molecule has 27 heavy (non-hydrogen) atoms. The van der Waals surface area contributed by atoms with Crippen molar-refractivity contribution in [2.75, 3.05) is 16.8 Å². The number of hydrogen-bond donors (Lipinski definition) is 1. The lowest BCUT2D eigenvalue weighted by molar-refractivity contribution is -0.383. The third-order valence-corrected chi connectivity index (χ3v) is 4.77. The molecule has 1 aliphatic rings. The fourth-order valence-electron chi connectivity index (χ4n) is 3.38. The number of nitrogens with one attached hydrogen (secondary N) is 1. The molecule has 0 saturated carbocycles. The van der Waals surface area contributed by atoms with E-state index in [9.17, 15) is 10.1 Å². The van der Waals surface area contributed by atoms with Gasteiger partial charge in [0.25, 0.3) is 0 Å². The third kappa shape index (κ3) is 3.08. The Morgan fingerprint density at radius 3 is 2.78 bits per heavy atom. The minimum absolute atomic E-state index is 0.116. The summed E-state index contributed by atoms with van der Waals surface area (Å²) >= 11 is 0. The number of benzene rings is 2. The molecule has 0 spiro atoms. The molecule has 0 aliphatic carbocycles. The van der Waals surface area contributed by atoms with E-state index < -0.39 is 4.92 Å². The average Bonchev–Trinajstić information content (AvgIpc) is 3.08. The first-order valence-electron chi connectivity index (χ1n) is 8.73. The monoisotopic (exact) mass is 361 g/mol. The summed E-state index contributed by atoms with van der Waals surface area (Å²) in [6.45, 7) is 4.58. The van der Waals surface area contributed by atoms with Gasteiger partial charge in [0.15, 0.2) is 0 Å². The SMILES string of the molecule is Cc1ccc(C)c(Nc2ncnc(N3CCc4ccccc43)c2[N+](=O)[O-])c1. The molecule has 2 aromatic carbocycles. The molecular formula is C20H19N5O2. The molecule has 1 N–H and O–H groups in total. The van der Waals surface area contributed by atoms with Crippen LogP contribution < -0.4 is 10.2 Å². The van der Waals surface area contributed by atoms with Gasteiger partial charge in [-0.1, -0.05) is 30.3 Å². The summed E-state index contributed by atoms with van der Waals surface area (Å²) in [6, 6.07) is 13.8. The molecule has 0 atom stereocenters. The molecule has 0 fully saturated rings. The molecule has 0 amide bonds. The second kappa shape index (κ2) is 6.68. The van der Waals surface area contributed by atoms with Gasteiger partial charge in [-0.2, -0.15) is 0 Å². The smallest absolute Gasteiger partial charge is 0.334 e. The molecule has 1 aliphatic heterocycles. The largest absolute Gasteiger partial charge is 0.354 e. The maximum absolute atomic E-state index is 11.9. The van der Waals surface area contributed by atoms with Crippen LogP contribution in [0, 0.1) is 24.0 Å². The highest BCUT2D eigenvalue weighted by Crippen LogP contribution is 2.41. The molecule has 3 aromatic rings. The van der Waals surface area contributed by atoms with Crippen LogP contribution in [0.2, 0.25) is 0 Å². The fraction of sp³-hybridized carbons (Fsp3) is 0.200. The van der Waals surface area contributed by atoms with Gasteiger partial charge in [-0.3, -0.25) is 10.1 Å². The number of nitrogens with zero attached hydrogens (tertiary/aromatic N) is 4. The van der Waals surface area contributed by atoms with Crippen molar-refractivity contribution in [2.24, 2.45) is 0 Å². The number of fused-ring (bicyclic) bond motifs is 1. The van der Waals surface area contributed by atoms with E-state index in [1.54, 1.807) is 0 Å². The number of hydrogen-bond acceptors (Lipinski definition) is 6. The lowest BCUT2D eigenvalue weighted by Crippen LogP contribution is -2.17. The molecule has 4 rings (SSSR count). The van der Waals surface area contributed by atoms with Crippen molar-refractivity contribution in [1.82, 2.24) is 9.97 Å². The first-order chi connectivity index (χ1) is 13.0. The Balaban J connectivity index is 1.80. The molecule has 0 bridgehead atoms. The van der Waals surface area contributed by atoms with Crippen LogP contribution in [0.3, 0.4) is 0 Å². The molecular weight excluding hydrogens is 342 g/mol. The standard InChI is InChI=1S/C20H19N5O2/c1-13-7-8-14(2)16(11-13)23-19-18(25(26)27)20(22-12-21-19)24-10-9-15-5-3-4-6-17(15)24/h3-8,11-12H,9-10H2,1-2H3,(H,21,22,23). The highest BCUT2D eigenvalue weighted by molar-refractivity contribution is 5.80. The minimum atomic E-state index is -0.413. The van der Waals surface area contributed by atoms with Gasteiger partial charge in [0.2, 0.25) is 11.6 Å². The summed E-state index contributed by atoms with van der Waals surface area (Å²) in [5.41, 5.74) is 4.85. The number of nitro groups is 1. The van der Waals surface area contributed by atoms with Crippen LogP contribution in [-0.4, -0.2) is 21.4 Å². The Labute approximate surface area is 156 Å². The Morgan fingerprint density at radius 1 is 1.15 bits per heavy atom. The van der Waals surface area contributed by atoms with Crippen LogP contribution in [0.1, 0.15) is 16.7 Å². The van der Waals surface area contributed by atoms with Crippen LogP contribution in [0.15, 0.2) is 48.8 Å². The van der Waals surface area contributed by atoms with Crippen LogP contribution in [0.5, 0.6) is 0 Å². The Bertz CT molecular complexity index is 1030. The van der Waals surface area contributed by atoms with E-state index in [1.807, 2.05) is 61.2 Å². The van der Waals surface area contributed by atoms with E-state index in [-0.39, 0.29) is 11.5 Å². The van der Waals surface area contributed by atoms with Crippen molar-refractivity contribution in [1.29, 1.82) is 0 Å². The molecule has 0 radical (unpaired) electrons.